The van der Waals surface area contributed by atoms with E-state index in [0.717, 1.165) is 16.6 Å². The molecule has 0 aliphatic heterocycles. The predicted molar refractivity (Wildman–Crippen MR) is 66.0 cm³/mol. The van der Waals surface area contributed by atoms with Crippen molar-refractivity contribution < 1.29 is 9.26 Å². The van der Waals surface area contributed by atoms with Gasteiger partial charge in [-0.25, -0.2) is 0 Å². The maximum absolute atomic E-state index is 5.35. The zero-order valence-electron chi connectivity index (χ0n) is 9.38. The summed E-state index contributed by atoms with van der Waals surface area (Å²) in [6, 6.07) is 15.7. The van der Waals surface area contributed by atoms with E-state index >= 15 is 0 Å². The lowest BCUT2D eigenvalue weighted by Gasteiger charge is -1.99. The van der Waals surface area contributed by atoms with Crippen molar-refractivity contribution in [1.82, 2.24) is 5.16 Å². The summed E-state index contributed by atoms with van der Waals surface area (Å²) in [4.78, 5) is 0. The first kappa shape index (κ1) is 9.90. The minimum atomic E-state index is 0.689. The smallest absolute Gasteiger partial charge is 0.209 e. The molecule has 1 aromatic heterocycles. The molecule has 1 heterocycles. The van der Waals surface area contributed by atoms with Crippen LogP contribution in [0.4, 0.5) is 0 Å². The fourth-order valence-electron chi connectivity index (χ4n) is 1.90. The molecule has 0 amide bonds. The average Bonchev–Trinajstić information content (AvgIpc) is 2.83. The van der Waals surface area contributed by atoms with Crippen molar-refractivity contribution in [1.29, 1.82) is 0 Å². The Hall–Kier alpha value is -2.29. The second-order valence-electron chi connectivity index (χ2n) is 3.73. The third kappa shape index (κ3) is 1.56. The highest BCUT2D eigenvalue weighted by Gasteiger charge is 2.13. The van der Waals surface area contributed by atoms with E-state index in [1.807, 2.05) is 48.5 Å². The number of para-hydroxylation sites is 1. The van der Waals surface area contributed by atoms with Gasteiger partial charge in [-0.05, 0) is 12.1 Å². The third-order valence-corrected chi connectivity index (χ3v) is 2.73. The largest absolute Gasteiger partial charge is 0.493 e. The van der Waals surface area contributed by atoms with E-state index in [1.54, 1.807) is 7.11 Å². The van der Waals surface area contributed by atoms with Crippen molar-refractivity contribution in [3.05, 3.63) is 48.5 Å². The molecule has 3 heteroatoms. The molecule has 0 radical (unpaired) electrons. The lowest BCUT2D eigenvalue weighted by atomic mass is 10.1. The van der Waals surface area contributed by atoms with Crippen LogP contribution >= 0.6 is 0 Å². The molecule has 3 nitrogen and oxygen atoms in total. The second-order valence-corrected chi connectivity index (χ2v) is 3.73. The van der Waals surface area contributed by atoms with Gasteiger partial charge in [0.05, 0.1) is 12.5 Å². The Morgan fingerprint density at radius 2 is 1.82 bits per heavy atom. The highest BCUT2D eigenvalue weighted by molar-refractivity contribution is 5.94. The van der Waals surface area contributed by atoms with Crippen molar-refractivity contribution in [3.63, 3.8) is 0 Å². The van der Waals surface area contributed by atoms with Crippen LogP contribution < -0.4 is 4.74 Å². The van der Waals surface area contributed by atoms with Gasteiger partial charge in [0.2, 0.25) is 5.58 Å². The molecule has 84 valence electrons. The van der Waals surface area contributed by atoms with E-state index in [2.05, 4.69) is 5.16 Å². The van der Waals surface area contributed by atoms with E-state index in [9.17, 15) is 0 Å². The van der Waals surface area contributed by atoms with Gasteiger partial charge in [0.15, 0.2) is 5.75 Å². The highest BCUT2D eigenvalue weighted by Crippen LogP contribution is 2.32. The standard InChI is InChI=1S/C14H11NO2/c1-16-12-9-5-8-11-13(15-17-14(11)12)10-6-3-2-4-7-10/h2-9H,1H3. The molecule has 0 unspecified atom stereocenters. The van der Waals surface area contributed by atoms with Crippen molar-refractivity contribution in [2.24, 2.45) is 0 Å². The molecule has 0 saturated heterocycles. The number of rotatable bonds is 2. The van der Waals surface area contributed by atoms with Gasteiger partial charge in [0.25, 0.3) is 0 Å². The zero-order chi connectivity index (χ0) is 11.7. The zero-order valence-corrected chi connectivity index (χ0v) is 9.38. The normalized spacial score (nSPS) is 10.6. The summed E-state index contributed by atoms with van der Waals surface area (Å²) in [6.45, 7) is 0. The van der Waals surface area contributed by atoms with E-state index < -0.39 is 0 Å². The molecule has 3 rings (SSSR count). The van der Waals surface area contributed by atoms with Crippen LogP contribution in [-0.4, -0.2) is 12.3 Å². The van der Waals surface area contributed by atoms with E-state index in [1.165, 1.54) is 0 Å². The Labute approximate surface area is 98.6 Å². The van der Waals surface area contributed by atoms with Crippen LogP contribution in [-0.2, 0) is 0 Å². The maximum atomic E-state index is 5.35. The summed E-state index contributed by atoms with van der Waals surface area (Å²) >= 11 is 0. The molecule has 3 aromatic rings. The van der Waals surface area contributed by atoms with E-state index in [-0.39, 0.29) is 0 Å². The Bertz CT molecular complexity index is 644. The Morgan fingerprint density at radius 3 is 2.59 bits per heavy atom. The second kappa shape index (κ2) is 3.94. The molecule has 0 bridgehead atoms. The molecule has 2 aromatic carbocycles. The van der Waals surface area contributed by atoms with Crippen LogP contribution in [0.5, 0.6) is 5.75 Å². The van der Waals surface area contributed by atoms with Gasteiger partial charge in [-0.1, -0.05) is 41.6 Å². The van der Waals surface area contributed by atoms with Gasteiger partial charge < -0.3 is 9.26 Å². The number of nitrogens with zero attached hydrogens (tertiary/aromatic N) is 1. The van der Waals surface area contributed by atoms with Gasteiger partial charge in [0.1, 0.15) is 5.69 Å². The summed E-state index contributed by atoms with van der Waals surface area (Å²) in [5.41, 5.74) is 2.58. The molecule has 0 atom stereocenters. The number of benzene rings is 2. The SMILES string of the molecule is COc1cccc2c(-c3ccccc3)noc12. The third-order valence-electron chi connectivity index (χ3n) is 2.73. The average molecular weight is 225 g/mol. The molecule has 0 saturated carbocycles. The topological polar surface area (TPSA) is 35.3 Å². The van der Waals surface area contributed by atoms with Crippen molar-refractivity contribution in [2.45, 2.75) is 0 Å². The molecular formula is C14H11NO2. The van der Waals surface area contributed by atoms with Crippen molar-refractivity contribution in [2.75, 3.05) is 7.11 Å². The number of hydrogen-bond acceptors (Lipinski definition) is 3. The fraction of sp³-hybridized carbons (Fsp3) is 0.0714. The van der Waals surface area contributed by atoms with E-state index in [4.69, 9.17) is 9.26 Å². The first-order valence-electron chi connectivity index (χ1n) is 5.38. The van der Waals surface area contributed by atoms with Crippen LogP contribution in [0.1, 0.15) is 0 Å². The lowest BCUT2D eigenvalue weighted by molar-refractivity contribution is 0.393. The summed E-state index contributed by atoms with van der Waals surface area (Å²) in [5, 5.41) is 5.09. The minimum absolute atomic E-state index is 0.689. The Morgan fingerprint density at radius 1 is 1.00 bits per heavy atom. The number of methoxy groups -OCH3 is 1. The number of fused-ring (bicyclic) bond motifs is 1. The molecule has 0 fully saturated rings. The molecule has 0 N–H and O–H groups in total. The molecular weight excluding hydrogens is 214 g/mol. The van der Waals surface area contributed by atoms with Crippen molar-refractivity contribution in [3.8, 4) is 17.0 Å². The first-order valence-corrected chi connectivity index (χ1v) is 5.38. The monoisotopic (exact) mass is 225 g/mol. The van der Waals surface area contributed by atoms with Crippen LogP contribution in [0.3, 0.4) is 0 Å². The summed E-state index contributed by atoms with van der Waals surface area (Å²) in [5.74, 6) is 0.706. The highest BCUT2D eigenvalue weighted by atomic mass is 16.5. The predicted octanol–water partition coefficient (Wildman–Crippen LogP) is 3.50. The van der Waals surface area contributed by atoms with Gasteiger partial charge in [-0.15, -0.1) is 0 Å². The van der Waals surface area contributed by atoms with Crippen molar-refractivity contribution >= 4 is 11.0 Å². The van der Waals surface area contributed by atoms with Crippen LogP contribution in [0.15, 0.2) is 53.1 Å². The Balaban J connectivity index is 2.26. The first-order chi connectivity index (χ1) is 8.40. The Kier molecular flexibility index (Phi) is 2.29. The lowest BCUT2D eigenvalue weighted by Crippen LogP contribution is -1.82. The molecule has 0 aliphatic carbocycles. The summed E-state index contributed by atoms with van der Waals surface area (Å²) in [6.07, 6.45) is 0. The van der Waals surface area contributed by atoms with Gasteiger partial charge in [0, 0.05) is 5.56 Å². The number of ether oxygens (including phenoxy) is 1. The fourth-order valence-corrected chi connectivity index (χ4v) is 1.90. The maximum Gasteiger partial charge on any atom is 0.209 e. The molecule has 0 aliphatic rings. The number of hydrogen-bond donors (Lipinski definition) is 0. The van der Waals surface area contributed by atoms with Gasteiger partial charge in [-0.3, -0.25) is 0 Å². The summed E-state index contributed by atoms with van der Waals surface area (Å²) in [7, 11) is 1.62. The van der Waals surface area contributed by atoms with Crippen LogP contribution in [0.2, 0.25) is 0 Å². The van der Waals surface area contributed by atoms with Gasteiger partial charge >= 0.3 is 0 Å². The summed E-state index contributed by atoms with van der Waals surface area (Å²) < 4.78 is 10.6. The van der Waals surface area contributed by atoms with Crippen LogP contribution in [0.25, 0.3) is 22.2 Å². The molecule has 17 heavy (non-hydrogen) atoms. The molecule has 0 spiro atoms. The minimum Gasteiger partial charge on any atom is -0.493 e. The van der Waals surface area contributed by atoms with Crippen LogP contribution in [0, 0.1) is 0 Å². The quantitative estimate of drug-likeness (QED) is 0.669. The van der Waals surface area contributed by atoms with E-state index in [0.29, 0.717) is 11.3 Å². The van der Waals surface area contributed by atoms with Gasteiger partial charge in [-0.2, -0.15) is 0 Å². The number of aromatic nitrogens is 1.